The van der Waals surface area contributed by atoms with Crippen LogP contribution in [0.4, 0.5) is 10.5 Å². The third-order valence-electron chi connectivity index (χ3n) is 4.21. The van der Waals surface area contributed by atoms with E-state index in [9.17, 15) is 4.79 Å². The molecule has 1 fully saturated rings. The monoisotopic (exact) mass is 357 g/mol. The van der Waals surface area contributed by atoms with Gasteiger partial charge in [-0.2, -0.15) is 0 Å². The molecule has 1 atom stereocenters. The van der Waals surface area contributed by atoms with Gasteiger partial charge in [-0.25, -0.2) is 4.79 Å². The van der Waals surface area contributed by atoms with Crippen LogP contribution in [-0.4, -0.2) is 24.6 Å². The summed E-state index contributed by atoms with van der Waals surface area (Å²) in [7, 11) is 0. The van der Waals surface area contributed by atoms with E-state index in [0.29, 0.717) is 6.61 Å². The predicted molar refractivity (Wildman–Crippen MR) is 102 cm³/mol. The Hall–Kier alpha value is -2.11. The van der Waals surface area contributed by atoms with Crippen LogP contribution in [-0.2, 0) is 20.8 Å². The number of rotatable bonds is 4. The first kappa shape index (κ1) is 18.7. The number of fused-ring (bicyclic) bond motifs is 1. The lowest BCUT2D eigenvalue weighted by Crippen LogP contribution is -2.27. The second kappa shape index (κ2) is 8.06. The number of ether oxygens (including phenoxy) is 3. The van der Waals surface area contributed by atoms with Crippen molar-refractivity contribution in [1.29, 1.82) is 0 Å². The lowest BCUT2D eigenvalue weighted by molar-refractivity contribution is -0.168. The molecule has 5 nitrogen and oxygen atoms in total. The van der Waals surface area contributed by atoms with Crippen LogP contribution >= 0.6 is 0 Å². The Morgan fingerprint density at radius 3 is 2.62 bits per heavy atom. The van der Waals surface area contributed by atoms with Gasteiger partial charge in [0.05, 0.1) is 12.3 Å². The van der Waals surface area contributed by atoms with Crippen molar-refractivity contribution in [2.75, 3.05) is 11.9 Å². The second-order valence-electron chi connectivity index (χ2n) is 7.55. The molecule has 1 unspecified atom stereocenters. The van der Waals surface area contributed by atoms with Gasteiger partial charge < -0.3 is 14.2 Å². The molecule has 0 spiro atoms. The van der Waals surface area contributed by atoms with Crippen LogP contribution in [0.1, 0.15) is 45.6 Å². The van der Waals surface area contributed by atoms with E-state index in [1.165, 1.54) is 0 Å². The number of benzene rings is 2. The Morgan fingerprint density at radius 2 is 1.92 bits per heavy atom. The van der Waals surface area contributed by atoms with Crippen molar-refractivity contribution < 1.29 is 19.0 Å². The van der Waals surface area contributed by atoms with Gasteiger partial charge in [0.2, 0.25) is 0 Å². The topological polar surface area (TPSA) is 56.8 Å². The Bertz CT molecular complexity index is 760. The molecule has 140 valence electrons. The van der Waals surface area contributed by atoms with Gasteiger partial charge in [0.15, 0.2) is 6.29 Å². The van der Waals surface area contributed by atoms with Gasteiger partial charge in [-0.3, -0.25) is 5.32 Å². The van der Waals surface area contributed by atoms with Crippen molar-refractivity contribution >= 4 is 22.6 Å². The first-order chi connectivity index (χ1) is 12.4. The fourth-order valence-electron chi connectivity index (χ4n) is 3.04. The summed E-state index contributed by atoms with van der Waals surface area (Å²) in [5, 5.41) is 4.86. The van der Waals surface area contributed by atoms with Crippen molar-refractivity contribution in [3.63, 3.8) is 0 Å². The first-order valence-corrected chi connectivity index (χ1v) is 9.16. The fourth-order valence-corrected chi connectivity index (χ4v) is 3.04. The molecule has 0 saturated carbocycles. The minimum Gasteiger partial charge on any atom is -0.444 e. The zero-order chi connectivity index (χ0) is 18.6. The first-order valence-electron chi connectivity index (χ1n) is 9.16. The molecule has 2 aromatic rings. The number of anilines is 1. The maximum atomic E-state index is 12.1. The van der Waals surface area contributed by atoms with Crippen LogP contribution in [0.25, 0.3) is 10.8 Å². The average molecular weight is 357 g/mol. The van der Waals surface area contributed by atoms with E-state index in [1.807, 2.05) is 57.2 Å². The molecule has 5 heteroatoms. The smallest absolute Gasteiger partial charge is 0.412 e. The molecule has 2 aromatic carbocycles. The van der Waals surface area contributed by atoms with Gasteiger partial charge in [-0.15, -0.1) is 0 Å². The Kier molecular flexibility index (Phi) is 5.79. The highest BCUT2D eigenvalue weighted by Gasteiger charge is 2.18. The van der Waals surface area contributed by atoms with E-state index in [0.717, 1.165) is 47.9 Å². The van der Waals surface area contributed by atoms with Gasteiger partial charge >= 0.3 is 6.09 Å². The summed E-state index contributed by atoms with van der Waals surface area (Å²) in [6.45, 7) is 6.79. The molecule has 1 heterocycles. The normalized spacial score (nSPS) is 17.9. The van der Waals surface area contributed by atoms with E-state index >= 15 is 0 Å². The van der Waals surface area contributed by atoms with Crippen LogP contribution in [0.3, 0.4) is 0 Å². The lowest BCUT2D eigenvalue weighted by Gasteiger charge is -2.23. The molecular weight excluding hydrogens is 330 g/mol. The Morgan fingerprint density at radius 1 is 1.15 bits per heavy atom. The van der Waals surface area contributed by atoms with Crippen LogP contribution in [0.2, 0.25) is 0 Å². The summed E-state index contributed by atoms with van der Waals surface area (Å²) < 4.78 is 16.9. The molecule has 0 aromatic heterocycles. The molecule has 1 aliphatic heterocycles. The van der Waals surface area contributed by atoms with Crippen molar-refractivity contribution in [2.45, 2.75) is 58.5 Å². The van der Waals surface area contributed by atoms with Gasteiger partial charge in [0.1, 0.15) is 5.60 Å². The largest absolute Gasteiger partial charge is 0.444 e. The minimum absolute atomic E-state index is 0.123. The summed E-state index contributed by atoms with van der Waals surface area (Å²) in [5.74, 6) is 0. The van der Waals surface area contributed by atoms with Crippen molar-refractivity contribution in [2.24, 2.45) is 0 Å². The van der Waals surface area contributed by atoms with E-state index in [1.54, 1.807) is 0 Å². The lowest BCUT2D eigenvalue weighted by atomic mass is 10.0. The zero-order valence-corrected chi connectivity index (χ0v) is 15.7. The standard InChI is InChI=1S/C21H27NO4/c1-21(2,3)26-20(23)22-18-12-11-15(16-8-4-5-9-17(16)18)14-25-19-10-6-7-13-24-19/h4-5,8-9,11-12,19H,6-7,10,13-14H2,1-3H3,(H,22,23). The number of carbonyl (C=O) groups is 1. The Balaban J connectivity index is 1.76. The maximum absolute atomic E-state index is 12.1. The molecular formula is C21H27NO4. The van der Waals surface area contributed by atoms with E-state index in [4.69, 9.17) is 14.2 Å². The molecule has 1 N–H and O–H groups in total. The predicted octanol–water partition coefficient (Wildman–Crippen LogP) is 5.23. The summed E-state index contributed by atoms with van der Waals surface area (Å²) in [6, 6.07) is 11.8. The quantitative estimate of drug-likeness (QED) is 0.814. The molecule has 0 radical (unpaired) electrons. The SMILES string of the molecule is CC(C)(C)OC(=O)Nc1ccc(COC2CCCCO2)c2ccccc12. The average Bonchev–Trinajstić information content (AvgIpc) is 2.60. The number of hydrogen-bond acceptors (Lipinski definition) is 4. The highest BCUT2D eigenvalue weighted by Crippen LogP contribution is 2.28. The van der Waals surface area contributed by atoms with E-state index in [2.05, 4.69) is 5.32 Å². The molecule has 1 aliphatic rings. The van der Waals surface area contributed by atoms with Gasteiger partial charge in [0.25, 0.3) is 0 Å². The van der Waals surface area contributed by atoms with Crippen molar-refractivity contribution in [1.82, 2.24) is 0 Å². The summed E-state index contributed by atoms with van der Waals surface area (Å²) in [4.78, 5) is 12.1. The summed E-state index contributed by atoms with van der Waals surface area (Å²) in [5.41, 5.74) is 1.27. The Labute approximate surface area is 154 Å². The summed E-state index contributed by atoms with van der Waals surface area (Å²) >= 11 is 0. The van der Waals surface area contributed by atoms with Gasteiger partial charge in [-0.1, -0.05) is 30.3 Å². The number of hydrogen-bond donors (Lipinski definition) is 1. The van der Waals surface area contributed by atoms with E-state index < -0.39 is 11.7 Å². The maximum Gasteiger partial charge on any atom is 0.412 e. The van der Waals surface area contributed by atoms with Crippen LogP contribution < -0.4 is 5.32 Å². The molecule has 26 heavy (non-hydrogen) atoms. The number of amides is 1. The third kappa shape index (κ3) is 4.96. The van der Waals surface area contributed by atoms with Gasteiger partial charge in [0, 0.05) is 12.0 Å². The molecule has 0 aliphatic carbocycles. The van der Waals surface area contributed by atoms with E-state index in [-0.39, 0.29) is 6.29 Å². The number of carbonyl (C=O) groups excluding carboxylic acids is 1. The highest BCUT2D eigenvalue weighted by molar-refractivity contribution is 6.01. The third-order valence-corrected chi connectivity index (χ3v) is 4.21. The molecule has 3 rings (SSSR count). The second-order valence-corrected chi connectivity index (χ2v) is 7.55. The number of nitrogens with one attached hydrogen (secondary N) is 1. The van der Waals surface area contributed by atoms with Gasteiger partial charge in [-0.05, 0) is 57.0 Å². The fraction of sp³-hybridized carbons (Fsp3) is 0.476. The molecule has 1 saturated heterocycles. The summed E-state index contributed by atoms with van der Waals surface area (Å²) in [6.07, 6.45) is 2.61. The molecule has 0 bridgehead atoms. The van der Waals surface area contributed by atoms with Crippen LogP contribution in [0.5, 0.6) is 0 Å². The zero-order valence-electron chi connectivity index (χ0n) is 15.7. The van der Waals surface area contributed by atoms with Crippen LogP contribution in [0.15, 0.2) is 36.4 Å². The van der Waals surface area contributed by atoms with Crippen LogP contribution in [0, 0.1) is 0 Å². The minimum atomic E-state index is -0.534. The molecule has 1 amide bonds. The van der Waals surface area contributed by atoms with Crippen molar-refractivity contribution in [3.8, 4) is 0 Å². The highest BCUT2D eigenvalue weighted by atomic mass is 16.7. The van der Waals surface area contributed by atoms with Crippen molar-refractivity contribution in [3.05, 3.63) is 42.0 Å².